The lowest BCUT2D eigenvalue weighted by atomic mass is 10.0. The van der Waals surface area contributed by atoms with E-state index in [4.69, 9.17) is 23.7 Å². The number of hydrogen-bond donors (Lipinski definition) is 0. The highest BCUT2D eigenvalue weighted by Gasteiger charge is 2.48. The van der Waals surface area contributed by atoms with Crippen molar-refractivity contribution in [1.29, 1.82) is 0 Å². The van der Waals surface area contributed by atoms with Gasteiger partial charge in [0.25, 0.3) is 0 Å². The highest BCUT2D eigenvalue weighted by Crippen LogP contribution is 2.46. The predicted octanol–water partition coefficient (Wildman–Crippen LogP) is 2.70. The van der Waals surface area contributed by atoms with E-state index in [1.807, 2.05) is 12.1 Å². The van der Waals surface area contributed by atoms with Crippen molar-refractivity contribution in [2.24, 2.45) is 0 Å². The maximum Gasteiger partial charge on any atom is 0.231 e. The smallest absolute Gasteiger partial charge is 0.231 e. The summed E-state index contributed by atoms with van der Waals surface area (Å²) in [6.45, 7) is 4.35. The molecule has 1 aromatic carbocycles. The normalized spacial score (nSPS) is 20.6. The molecule has 0 N–H and O–H groups in total. The summed E-state index contributed by atoms with van der Waals surface area (Å²) in [5, 5.41) is 0.881. The van der Waals surface area contributed by atoms with E-state index in [0.29, 0.717) is 29.3 Å². The van der Waals surface area contributed by atoms with Crippen LogP contribution in [0.15, 0.2) is 12.1 Å². The Hall–Kier alpha value is -2.21. The van der Waals surface area contributed by atoms with Crippen LogP contribution in [0.5, 0.6) is 23.1 Å². The molecule has 0 amide bonds. The van der Waals surface area contributed by atoms with Gasteiger partial charge in [-0.1, -0.05) is 0 Å². The van der Waals surface area contributed by atoms with E-state index in [0.717, 1.165) is 16.7 Å². The number of pyridine rings is 1. The van der Waals surface area contributed by atoms with Crippen molar-refractivity contribution in [3.05, 3.63) is 17.7 Å². The van der Waals surface area contributed by atoms with Gasteiger partial charge in [-0.05, 0) is 26.0 Å². The number of methoxy groups -OCH3 is 2. The molecule has 1 atom stereocenters. The molecule has 1 aromatic heterocycles. The van der Waals surface area contributed by atoms with Gasteiger partial charge in [0.15, 0.2) is 11.5 Å². The third kappa shape index (κ3) is 2.16. The zero-order chi connectivity index (χ0) is 16.2. The minimum atomic E-state index is -0.111. The van der Waals surface area contributed by atoms with Crippen LogP contribution in [0.4, 0.5) is 0 Å². The quantitative estimate of drug-likeness (QED) is 0.808. The zero-order valence-electron chi connectivity index (χ0n) is 13.6. The number of rotatable bonds is 4. The van der Waals surface area contributed by atoms with Gasteiger partial charge in [0.1, 0.15) is 11.3 Å². The molecule has 122 valence electrons. The topological polar surface area (TPSA) is 62.3 Å². The molecular weight excluding hydrogens is 298 g/mol. The second-order valence-corrected chi connectivity index (χ2v) is 6.24. The fourth-order valence-electron chi connectivity index (χ4n) is 3.07. The number of nitrogens with zero attached hydrogens (tertiary/aromatic N) is 1. The molecule has 0 aliphatic carbocycles. The molecule has 4 rings (SSSR count). The Bertz CT molecular complexity index is 786. The standard InChI is InChI=1S/C17H19NO5/c1-17(2)12(23-17)7-10-14(19-3)9-5-6-11-15(22-8-21-11)13(9)18-16(10)20-4/h5-6,12H,7-8H2,1-4H3/t12-/m0/s1. The Labute approximate surface area is 134 Å². The monoisotopic (exact) mass is 317 g/mol. The average molecular weight is 317 g/mol. The van der Waals surface area contributed by atoms with Crippen LogP contribution in [0.2, 0.25) is 0 Å². The summed E-state index contributed by atoms with van der Waals surface area (Å²) < 4.78 is 27.9. The van der Waals surface area contributed by atoms with Crippen LogP contribution in [0.1, 0.15) is 19.4 Å². The third-order valence-corrected chi connectivity index (χ3v) is 4.45. The maximum atomic E-state index is 5.71. The minimum absolute atomic E-state index is 0.111. The van der Waals surface area contributed by atoms with E-state index in [2.05, 4.69) is 18.8 Å². The number of hydrogen-bond acceptors (Lipinski definition) is 6. The largest absolute Gasteiger partial charge is 0.496 e. The van der Waals surface area contributed by atoms with Crippen molar-refractivity contribution in [3.63, 3.8) is 0 Å². The molecule has 0 radical (unpaired) electrons. The Morgan fingerprint density at radius 3 is 2.65 bits per heavy atom. The van der Waals surface area contributed by atoms with Gasteiger partial charge in [-0.3, -0.25) is 0 Å². The molecule has 0 spiro atoms. The molecule has 6 nitrogen and oxygen atoms in total. The molecule has 2 aliphatic rings. The number of epoxide rings is 1. The molecular formula is C17H19NO5. The Morgan fingerprint density at radius 1 is 1.22 bits per heavy atom. The lowest BCUT2D eigenvalue weighted by Crippen LogP contribution is -2.09. The molecule has 6 heteroatoms. The van der Waals surface area contributed by atoms with Crippen molar-refractivity contribution in [2.45, 2.75) is 32.0 Å². The van der Waals surface area contributed by atoms with Gasteiger partial charge in [-0.25, -0.2) is 4.98 Å². The van der Waals surface area contributed by atoms with Crippen LogP contribution in [0, 0.1) is 0 Å². The Morgan fingerprint density at radius 2 is 2.00 bits per heavy atom. The molecule has 0 bridgehead atoms. The van der Waals surface area contributed by atoms with Gasteiger partial charge < -0.3 is 23.7 Å². The first-order chi connectivity index (χ1) is 11.0. The van der Waals surface area contributed by atoms with E-state index in [1.165, 1.54) is 0 Å². The molecule has 1 saturated heterocycles. The van der Waals surface area contributed by atoms with Crippen LogP contribution in [0.25, 0.3) is 10.9 Å². The molecule has 1 fully saturated rings. The molecule has 0 saturated carbocycles. The average Bonchev–Trinajstić information content (AvgIpc) is 2.95. The SMILES string of the molecule is COc1nc2c3c(ccc2c(OC)c1C[C@@H]1OC1(C)C)OCO3. The van der Waals surface area contributed by atoms with Crippen LogP contribution in [-0.2, 0) is 11.2 Å². The number of ether oxygens (including phenoxy) is 5. The number of aromatic nitrogens is 1. The van der Waals surface area contributed by atoms with E-state index in [1.54, 1.807) is 14.2 Å². The second-order valence-electron chi connectivity index (χ2n) is 6.24. The van der Waals surface area contributed by atoms with Gasteiger partial charge in [0.05, 0.1) is 31.5 Å². The second kappa shape index (κ2) is 4.89. The highest BCUT2D eigenvalue weighted by molar-refractivity contribution is 5.94. The van der Waals surface area contributed by atoms with E-state index < -0.39 is 0 Å². The van der Waals surface area contributed by atoms with Gasteiger partial charge in [0.2, 0.25) is 12.7 Å². The fourth-order valence-corrected chi connectivity index (χ4v) is 3.07. The van der Waals surface area contributed by atoms with Gasteiger partial charge in [-0.2, -0.15) is 0 Å². The number of fused-ring (bicyclic) bond motifs is 3. The maximum absolute atomic E-state index is 5.71. The van der Waals surface area contributed by atoms with Crippen LogP contribution < -0.4 is 18.9 Å². The van der Waals surface area contributed by atoms with Crippen molar-refractivity contribution in [2.75, 3.05) is 21.0 Å². The lowest BCUT2D eigenvalue weighted by molar-refractivity contribution is 0.174. The third-order valence-electron chi connectivity index (χ3n) is 4.45. The first kappa shape index (κ1) is 14.4. The minimum Gasteiger partial charge on any atom is -0.496 e. The van der Waals surface area contributed by atoms with Crippen molar-refractivity contribution in [3.8, 4) is 23.1 Å². The molecule has 23 heavy (non-hydrogen) atoms. The summed E-state index contributed by atoms with van der Waals surface area (Å²) in [6, 6.07) is 3.82. The molecule has 2 aliphatic heterocycles. The van der Waals surface area contributed by atoms with E-state index in [-0.39, 0.29) is 18.5 Å². The van der Waals surface area contributed by atoms with Gasteiger partial charge >= 0.3 is 0 Å². The first-order valence-electron chi connectivity index (χ1n) is 7.56. The first-order valence-corrected chi connectivity index (χ1v) is 7.56. The van der Waals surface area contributed by atoms with Crippen LogP contribution in [-0.4, -0.2) is 37.7 Å². The highest BCUT2D eigenvalue weighted by atomic mass is 16.7. The summed E-state index contributed by atoms with van der Waals surface area (Å²) in [5.74, 6) is 2.60. The fraction of sp³-hybridized carbons (Fsp3) is 0.471. The van der Waals surface area contributed by atoms with Crippen molar-refractivity contribution >= 4 is 10.9 Å². The summed E-state index contributed by atoms with van der Waals surface area (Å²) in [7, 11) is 3.26. The lowest BCUT2D eigenvalue weighted by Gasteiger charge is -2.15. The van der Waals surface area contributed by atoms with Gasteiger partial charge in [0, 0.05) is 11.8 Å². The van der Waals surface area contributed by atoms with E-state index in [9.17, 15) is 0 Å². The van der Waals surface area contributed by atoms with Gasteiger partial charge in [-0.15, -0.1) is 0 Å². The zero-order valence-corrected chi connectivity index (χ0v) is 13.6. The predicted molar refractivity (Wildman–Crippen MR) is 83.6 cm³/mol. The number of benzene rings is 1. The molecule has 3 heterocycles. The summed E-state index contributed by atoms with van der Waals surface area (Å²) >= 11 is 0. The van der Waals surface area contributed by atoms with Crippen LogP contribution >= 0.6 is 0 Å². The Kier molecular flexibility index (Phi) is 3.06. The summed E-state index contributed by atoms with van der Waals surface area (Å²) in [4.78, 5) is 4.64. The summed E-state index contributed by atoms with van der Waals surface area (Å²) in [6.07, 6.45) is 0.829. The van der Waals surface area contributed by atoms with E-state index >= 15 is 0 Å². The Balaban J connectivity index is 1.90. The molecule has 0 unspecified atom stereocenters. The van der Waals surface area contributed by atoms with Crippen molar-refractivity contribution in [1.82, 2.24) is 4.98 Å². The van der Waals surface area contributed by atoms with Crippen molar-refractivity contribution < 1.29 is 23.7 Å². The van der Waals surface area contributed by atoms with Crippen LogP contribution in [0.3, 0.4) is 0 Å². The molecule has 2 aromatic rings. The summed E-state index contributed by atoms with van der Waals surface area (Å²) in [5.41, 5.74) is 1.49.